The number of anilines is 1. The van der Waals surface area contributed by atoms with E-state index in [4.69, 9.17) is 9.47 Å². The fourth-order valence-corrected chi connectivity index (χ4v) is 2.44. The van der Waals surface area contributed by atoms with Gasteiger partial charge in [0.2, 0.25) is 0 Å². The van der Waals surface area contributed by atoms with Crippen LogP contribution in [0.25, 0.3) is 10.9 Å². The largest absolute Gasteiger partial charge is 0.496 e. The van der Waals surface area contributed by atoms with Crippen LogP contribution in [0.1, 0.15) is 5.56 Å². The zero-order valence-corrected chi connectivity index (χ0v) is 13.3. The summed E-state index contributed by atoms with van der Waals surface area (Å²) in [6.07, 6.45) is 3.75. The number of hydrogen-bond acceptors (Lipinski definition) is 5. The molecule has 0 radical (unpaired) electrons. The van der Waals surface area contributed by atoms with Crippen LogP contribution in [0.2, 0.25) is 0 Å². The monoisotopic (exact) mass is 312 g/mol. The summed E-state index contributed by atoms with van der Waals surface area (Å²) in [7, 11) is 3.57. The average Bonchev–Trinajstić information content (AvgIpc) is 2.96. The molecule has 120 valence electrons. The second kappa shape index (κ2) is 7.11. The third-order valence-corrected chi connectivity index (χ3v) is 3.53. The predicted octanol–water partition coefficient (Wildman–Crippen LogP) is 2.61. The Morgan fingerprint density at radius 2 is 2.09 bits per heavy atom. The molecule has 3 aromatic rings. The van der Waals surface area contributed by atoms with Crippen LogP contribution in [-0.4, -0.2) is 35.0 Å². The lowest BCUT2D eigenvalue weighted by molar-refractivity contribution is 0.128. The van der Waals surface area contributed by atoms with Crippen LogP contribution in [0, 0.1) is 0 Å². The number of fused-ring (bicyclic) bond motifs is 1. The van der Waals surface area contributed by atoms with E-state index in [-0.39, 0.29) is 0 Å². The summed E-state index contributed by atoms with van der Waals surface area (Å²) in [5.74, 6) is 1.63. The average molecular weight is 312 g/mol. The second-order valence-electron chi connectivity index (χ2n) is 5.19. The Balaban J connectivity index is 1.51. The van der Waals surface area contributed by atoms with Gasteiger partial charge in [-0.2, -0.15) is 5.10 Å². The third kappa shape index (κ3) is 3.60. The highest BCUT2D eigenvalue weighted by Crippen LogP contribution is 2.19. The van der Waals surface area contributed by atoms with E-state index in [1.165, 1.54) is 0 Å². The van der Waals surface area contributed by atoms with Crippen LogP contribution in [-0.2, 0) is 18.4 Å². The SMILES string of the molecule is COc1ccccc1COCCNc1nccc2cn(C)nc12. The standard InChI is InChI=1S/C17H20N4O2/c1-21-11-13-7-8-18-17(16(13)20-21)19-9-10-23-12-14-5-3-4-6-15(14)22-2/h3-8,11H,9-10,12H2,1-2H3,(H,18,19). The van der Waals surface area contributed by atoms with Crippen molar-refractivity contribution in [3.05, 3.63) is 48.3 Å². The van der Waals surface area contributed by atoms with Gasteiger partial charge < -0.3 is 14.8 Å². The fourth-order valence-electron chi connectivity index (χ4n) is 2.44. The lowest BCUT2D eigenvalue weighted by atomic mass is 10.2. The van der Waals surface area contributed by atoms with Crippen LogP contribution in [0.3, 0.4) is 0 Å². The molecule has 0 atom stereocenters. The lowest BCUT2D eigenvalue weighted by Gasteiger charge is -2.10. The van der Waals surface area contributed by atoms with Gasteiger partial charge in [0.25, 0.3) is 0 Å². The Labute approximate surface area is 135 Å². The van der Waals surface area contributed by atoms with Crippen LogP contribution < -0.4 is 10.1 Å². The van der Waals surface area contributed by atoms with Crippen molar-refractivity contribution in [2.45, 2.75) is 6.61 Å². The molecule has 0 aliphatic carbocycles. The molecule has 2 heterocycles. The Hall–Kier alpha value is -2.60. The molecular formula is C17H20N4O2. The molecule has 0 unspecified atom stereocenters. The molecule has 6 nitrogen and oxygen atoms in total. The number of benzene rings is 1. The van der Waals surface area contributed by atoms with Crippen molar-refractivity contribution in [2.75, 3.05) is 25.6 Å². The molecule has 6 heteroatoms. The van der Waals surface area contributed by atoms with Crippen LogP contribution in [0.15, 0.2) is 42.7 Å². The van der Waals surface area contributed by atoms with Crippen molar-refractivity contribution in [3.63, 3.8) is 0 Å². The first-order valence-electron chi connectivity index (χ1n) is 7.50. The van der Waals surface area contributed by atoms with Gasteiger partial charge in [0.05, 0.1) is 20.3 Å². The number of aromatic nitrogens is 3. The highest BCUT2D eigenvalue weighted by Gasteiger charge is 2.06. The molecule has 1 N–H and O–H groups in total. The van der Waals surface area contributed by atoms with Crippen molar-refractivity contribution < 1.29 is 9.47 Å². The second-order valence-corrected chi connectivity index (χ2v) is 5.19. The summed E-state index contributed by atoms with van der Waals surface area (Å²) in [4.78, 5) is 4.34. The smallest absolute Gasteiger partial charge is 0.154 e. The summed E-state index contributed by atoms with van der Waals surface area (Å²) in [6.45, 7) is 1.76. The number of ether oxygens (including phenoxy) is 2. The van der Waals surface area contributed by atoms with Crippen molar-refractivity contribution in [1.82, 2.24) is 14.8 Å². The minimum absolute atomic E-state index is 0.521. The van der Waals surface area contributed by atoms with Gasteiger partial charge in [-0.3, -0.25) is 4.68 Å². The van der Waals surface area contributed by atoms with E-state index in [2.05, 4.69) is 15.4 Å². The Morgan fingerprint density at radius 1 is 1.22 bits per heavy atom. The molecule has 0 bridgehead atoms. The van der Waals surface area contributed by atoms with Gasteiger partial charge >= 0.3 is 0 Å². The predicted molar refractivity (Wildman–Crippen MR) is 89.6 cm³/mol. The topological polar surface area (TPSA) is 61.2 Å². The Morgan fingerprint density at radius 3 is 2.96 bits per heavy atom. The molecule has 0 aliphatic rings. The summed E-state index contributed by atoms with van der Waals surface area (Å²) >= 11 is 0. The summed E-state index contributed by atoms with van der Waals surface area (Å²) < 4.78 is 12.8. The van der Waals surface area contributed by atoms with E-state index in [9.17, 15) is 0 Å². The molecule has 3 rings (SSSR count). The number of methoxy groups -OCH3 is 1. The molecular weight excluding hydrogens is 292 g/mol. The van der Waals surface area contributed by atoms with Crippen LogP contribution >= 0.6 is 0 Å². The van der Waals surface area contributed by atoms with Crippen molar-refractivity contribution in [3.8, 4) is 5.75 Å². The van der Waals surface area contributed by atoms with Gasteiger partial charge in [-0.05, 0) is 12.1 Å². The fraction of sp³-hybridized carbons (Fsp3) is 0.294. The van der Waals surface area contributed by atoms with Gasteiger partial charge in [0, 0.05) is 36.9 Å². The van der Waals surface area contributed by atoms with Gasteiger partial charge in [0.1, 0.15) is 11.3 Å². The van der Waals surface area contributed by atoms with E-state index in [0.29, 0.717) is 19.8 Å². The lowest BCUT2D eigenvalue weighted by Crippen LogP contribution is -2.11. The number of para-hydroxylation sites is 1. The van der Waals surface area contributed by atoms with Gasteiger partial charge in [-0.15, -0.1) is 0 Å². The maximum absolute atomic E-state index is 5.71. The minimum atomic E-state index is 0.521. The first kappa shape index (κ1) is 15.3. The summed E-state index contributed by atoms with van der Waals surface area (Å²) in [6, 6.07) is 9.81. The maximum Gasteiger partial charge on any atom is 0.154 e. The quantitative estimate of drug-likeness (QED) is 0.680. The van der Waals surface area contributed by atoms with E-state index in [0.717, 1.165) is 28.0 Å². The molecule has 1 aromatic carbocycles. The van der Waals surface area contributed by atoms with E-state index in [1.807, 2.05) is 43.6 Å². The van der Waals surface area contributed by atoms with E-state index in [1.54, 1.807) is 18.0 Å². The zero-order chi connectivity index (χ0) is 16.1. The van der Waals surface area contributed by atoms with Crippen LogP contribution in [0.4, 0.5) is 5.82 Å². The molecule has 0 saturated carbocycles. The molecule has 2 aromatic heterocycles. The summed E-state index contributed by atoms with van der Waals surface area (Å²) in [5, 5.41) is 8.76. The van der Waals surface area contributed by atoms with Crippen molar-refractivity contribution >= 4 is 16.7 Å². The number of aryl methyl sites for hydroxylation is 1. The van der Waals surface area contributed by atoms with Crippen molar-refractivity contribution in [2.24, 2.45) is 7.05 Å². The normalized spacial score (nSPS) is 10.9. The third-order valence-electron chi connectivity index (χ3n) is 3.53. The first-order valence-corrected chi connectivity index (χ1v) is 7.50. The first-order chi connectivity index (χ1) is 11.3. The van der Waals surface area contributed by atoms with Crippen molar-refractivity contribution in [1.29, 1.82) is 0 Å². The number of hydrogen-bond donors (Lipinski definition) is 1. The van der Waals surface area contributed by atoms with Gasteiger partial charge in [-0.25, -0.2) is 4.98 Å². The number of nitrogens with one attached hydrogen (secondary N) is 1. The molecule has 0 fully saturated rings. The molecule has 0 amide bonds. The number of nitrogens with zero attached hydrogens (tertiary/aromatic N) is 3. The van der Waals surface area contributed by atoms with E-state index >= 15 is 0 Å². The molecule has 0 saturated heterocycles. The van der Waals surface area contributed by atoms with Crippen LogP contribution in [0.5, 0.6) is 5.75 Å². The molecule has 23 heavy (non-hydrogen) atoms. The minimum Gasteiger partial charge on any atom is -0.496 e. The van der Waals surface area contributed by atoms with Gasteiger partial charge in [-0.1, -0.05) is 18.2 Å². The highest BCUT2D eigenvalue weighted by molar-refractivity contribution is 5.87. The Bertz CT molecular complexity index is 785. The number of rotatable bonds is 7. The Kier molecular flexibility index (Phi) is 4.73. The molecule has 0 aliphatic heterocycles. The zero-order valence-electron chi connectivity index (χ0n) is 13.3. The maximum atomic E-state index is 5.71. The summed E-state index contributed by atoms with van der Waals surface area (Å²) in [5.41, 5.74) is 1.92. The highest BCUT2D eigenvalue weighted by atomic mass is 16.5. The molecule has 0 spiro atoms. The van der Waals surface area contributed by atoms with E-state index < -0.39 is 0 Å². The number of pyridine rings is 1. The van der Waals surface area contributed by atoms with Gasteiger partial charge in [0.15, 0.2) is 5.82 Å².